The van der Waals surface area contributed by atoms with E-state index in [0.29, 0.717) is 11.4 Å². The van der Waals surface area contributed by atoms with E-state index in [2.05, 4.69) is 15.3 Å². The van der Waals surface area contributed by atoms with Crippen LogP contribution in [-0.4, -0.2) is 37.2 Å². The van der Waals surface area contributed by atoms with Crippen molar-refractivity contribution in [3.8, 4) is 0 Å². The third kappa shape index (κ3) is 7.03. The van der Waals surface area contributed by atoms with Crippen LogP contribution in [0.3, 0.4) is 0 Å². The molecule has 1 aliphatic carbocycles. The lowest BCUT2D eigenvalue weighted by molar-refractivity contribution is 0.0609. The molecule has 0 aliphatic heterocycles. The van der Waals surface area contributed by atoms with Crippen molar-refractivity contribution in [3.05, 3.63) is 30.1 Å². The summed E-state index contributed by atoms with van der Waals surface area (Å²) >= 11 is 0. The lowest BCUT2D eigenvalue weighted by atomic mass is 9.67. The molecule has 1 heterocycles. The predicted octanol–water partition coefficient (Wildman–Crippen LogP) is 2.74. The third-order valence-corrected chi connectivity index (χ3v) is 4.39. The highest BCUT2D eigenvalue weighted by Gasteiger charge is 2.36. The number of nitrogens with one attached hydrogen (secondary N) is 1. The van der Waals surface area contributed by atoms with Crippen molar-refractivity contribution in [1.29, 1.82) is 0 Å². The van der Waals surface area contributed by atoms with Crippen molar-refractivity contribution in [1.82, 2.24) is 10.3 Å². The van der Waals surface area contributed by atoms with Gasteiger partial charge in [0.15, 0.2) is 5.96 Å². The van der Waals surface area contributed by atoms with Gasteiger partial charge in [-0.2, -0.15) is 0 Å². The average Bonchev–Trinajstić information content (AvgIpc) is 2.50. The zero-order valence-corrected chi connectivity index (χ0v) is 16.3. The smallest absolute Gasteiger partial charge is 0.188 e. The van der Waals surface area contributed by atoms with Gasteiger partial charge in [-0.05, 0) is 43.7 Å². The second-order valence-corrected chi connectivity index (χ2v) is 6.00. The molecule has 3 N–H and O–H groups in total. The lowest BCUT2D eigenvalue weighted by Gasteiger charge is -2.40. The summed E-state index contributed by atoms with van der Waals surface area (Å²) in [6.07, 6.45) is 7.54. The summed E-state index contributed by atoms with van der Waals surface area (Å²) in [5, 5.41) is 3.18. The van der Waals surface area contributed by atoms with Crippen molar-refractivity contribution in [3.63, 3.8) is 0 Å². The molecule has 0 bridgehead atoms. The van der Waals surface area contributed by atoms with Crippen LogP contribution in [0.25, 0.3) is 0 Å². The molecule has 0 amide bonds. The second kappa shape index (κ2) is 10.8. The molecule has 0 saturated heterocycles. The molecule has 0 aromatic carbocycles. The highest BCUT2D eigenvalue weighted by Crippen LogP contribution is 2.44. The number of nitrogens with two attached hydrogens (primary N) is 1. The van der Waals surface area contributed by atoms with Gasteiger partial charge in [-0.25, -0.2) is 0 Å². The van der Waals surface area contributed by atoms with Gasteiger partial charge in [-0.3, -0.25) is 9.98 Å². The van der Waals surface area contributed by atoms with Crippen molar-refractivity contribution in [2.24, 2.45) is 16.1 Å². The van der Waals surface area contributed by atoms with Crippen molar-refractivity contribution in [2.75, 3.05) is 26.3 Å². The highest BCUT2D eigenvalue weighted by molar-refractivity contribution is 14.0. The number of rotatable bonds is 9. The van der Waals surface area contributed by atoms with E-state index in [1.165, 1.54) is 19.3 Å². The molecule has 2 rings (SSSR count). The van der Waals surface area contributed by atoms with E-state index in [-0.39, 0.29) is 24.0 Å². The number of pyridine rings is 1. The number of nitrogens with zero attached hydrogens (tertiary/aromatic N) is 2. The molecule has 6 heteroatoms. The predicted molar refractivity (Wildman–Crippen MR) is 105 cm³/mol. The van der Waals surface area contributed by atoms with Crippen LogP contribution in [0.15, 0.2) is 29.4 Å². The van der Waals surface area contributed by atoms with E-state index in [1.807, 2.05) is 31.3 Å². The first kappa shape index (κ1) is 20.2. The Morgan fingerprint density at radius 2 is 2.26 bits per heavy atom. The summed E-state index contributed by atoms with van der Waals surface area (Å²) < 4.78 is 5.48. The van der Waals surface area contributed by atoms with E-state index in [4.69, 9.17) is 10.5 Å². The van der Waals surface area contributed by atoms with Crippen molar-refractivity contribution in [2.45, 2.75) is 39.0 Å². The molecular weight excluding hydrogens is 403 g/mol. The molecule has 130 valence electrons. The summed E-state index contributed by atoms with van der Waals surface area (Å²) in [5.74, 6) is 0.540. The van der Waals surface area contributed by atoms with Crippen LogP contribution in [0.1, 0.15) is 38.3 Å². The maximum atomic E-state index is 5.97. The summed E-state index contributed by atoms with van der Waals surface area (Å²) in [7, 11) is 0. The molecular formula is C17H29IN4O. The molecule has 5 nitrogen and oxygen atoms in total. The first-order valence-corrected chi connectivity index (χ1v) is 8.25. The number of ether oxygens (including phenoxy) is 1. The van der Waals surface area contributed by atoms with E-state index in [1.54, 1.807) is 0 Å². The van der Waals surface area contributed by atoms with Crippen molar-refractivity contribution < 1.29 is 4.74 Å². The van der Waals surface area contributed by atoms with Crippen LogP contribution in [0, 0.1) is 5.41 Å². The van der Waals surface area contributed by atoms with Crippen LogP contribution in [-0.2, 0) is 11.2 Å². The zero-order chi connectivity index (χ0) is 15.7. The molecule has 1 aliphatic rings. The minimum absolute atomic E-state index is 0. The van der Waals surface area contributed by atoms with Crippen LogP contribution in [0.5, 0.6) is 0 Å². The van der Waals surface area contributed by atoms with Gasteiger partial charge in [0.1, 0.15) is 0 Å². The Kier molecular flexibility index (Phi) is 9.47. The van der Waals surface area contributed by atoms with Crippen molar-refractivity contribution >= 4 is 29.9 Å². The molecule has 0 spiro atoms. The number of halogens is 1. The third-order valence-electron chi connectivity index (χ3n) is 4.39. The Bertz CT molecular complexity index is 463. The molecule has 1 saturated carbocycles. The van der Waals surface area contributed by atoms with Crippen LogP contribution < -0.4 is 11.1 Å². The average molecular weight is 432 g/mol. The van der Waals surface area contributed by atoms with Crippen LogP contribution in [0.4, 0.5) is 0 Å². The Hall–Kier alpha value is -0.890. The molecule has 0 atom stereocenters. The summed E-state index contributed by atoms with van der Waals surface area (Å²) in [6.45, 7) is 5.23. The SMILES string of the molecule is CCOCCC1(CN=C(N)NCCc2ccccn2)CCC1.I. The van der Waals surface area contributed by atoms with Gasteiger partial charge in [0, 0.05) is 44.6 Å². The Labute approximate surface area is 156 Å². The highest BCUT2D eigenvalue weighted by atomic mass is 127. The van der Waals surface area contributed by atoms with Gasteiger partial charge in [0.05, 0.1) is 0 Å². The minimum Gasteiger partial charge on any atom is -0.382 e. The number of aliphatic imine (C=N–C) groups is 1. The maximum absolute atomic E-state index is 5.97. The maximum Gasteiger partial charge on any atom is 0.188 e. The molecule has 0 unspecified atom stereocenters. The molecule has 1 fully saturated rings. The fourth-order valence-electron chi connectivity index (χ4n) is 2.77. The van der Waals surface area contributed by atoms with Gasteiger partial charge in [-0.1, -0.05) is 12.5 Å². The normalized spacial score (nSPS) is 16.3. The second-order valence-electron chi connectivity index (χ2n) is 6.00. The van der Waals surface area contributed by atoms with E-state index < -0.39 is 0 Å². The first-order chi connectivity index (χ1) is 10.7. The van der Waals surface area contributed by atoms with Gasteiger partial charge in [0.2, 0.25) is 0 Å². The number of hydrogen-bond acceptors (Lipinski definition) is 3. The standard InChI is InChI=1S/C17H28N4O.HI/c1-2-22-13-10-17(8-5-9-17)14-21-16(18)20-12-7-15-6-3-4-11-19-15;/h3-4,6,11H,2,5,7-10,12-14H2,1H3,(H3,18,20,21);1H. The van der Waals surface area contributed by atoms with Gasteiger partial charge in [-0.15, -0.1) is 24.0 Å². The lowest BCUT2D eigenvalue weighted by Crippen LogP contribution is -2.38. The fraction of sp³-hybridized carbons (Fsp3) is 0.647. The quantitative estimate of drug-likeness (QED) is 0.273. The molecule has 0 radical (unpaired) electrons. The van der Waals surface area contributed by atoms with Crippen LogP contribution >= 0.6 is 24.0 Å². The van der Waals surface area contributed by atoms with E-state index in [9.17, 15) is 0 Å². The summed E-state index contributed by atoms with van der Waals surface area (Å²) in [4.78, 5) is 8.83. The number of hydrogen-bond donors (Lipinski definition) is 2. The molecule has 23 heavy (non-hydrogen) atoms. The number of guanidine groups is 1. The minimum atomic E-state index is 0. The number of aromatic nitrogens is 1. The Balaban J connectivity index is 0.00000264. The molecule has 1 aromatic rings. The molecule has 1 aromatic heterocycles. The van der Waals surface area contributed by atoms with E-state index >= 15 is 0 Å². The van der Waals surface area contributed by atoms with Gasteiger partial charge >= 0.3 is 0 Å². The summed E-state index contributed by atoms with van der Waals surface area (Å²) in [5.41, 5.74) is 7.35. The first-order valence-electron chi connectivity index (χ1n) is 8.25. The monoisotopic (exact) mass is 432 g/mol. The van der Waals surface area contributed by atoms with E-state index in [0.717, 1.165) is 44.8 Å². The zero-order valence-electron chi connectivity index (χ0n) is 14.0. The fourth-order valence-corrected chi connectivity index (χ4v) is 2.77. The Morgan fingerprint density at radius 1 is 1.43 bits per heavy atom. The Morgan fingerprint density at radius 3 is 2.87 bits per heavy atom. The largest absolute Gasteiger partial charge is 0.382 e. The van der Waals surface area contributed by atoms with Gasteiger partial charge in [0.25, 0.3) is 0 Å². The topological polar surface area (TPSA) is 72.5 Å². The van der Waals surface area contributed by atoms with Crippen LogP contribution in [0.2, 0.25) is 0 Å². The van der Waals surface area contributed by atoms with Gasteiger partial charge < -0.3 is 15.8 Å². The summed E-state index contributed by atoms with van der Waals surface area (Å²) in [6, 6.07) is 5.94.